The van der Waals surface area contributed by atoms with Gasteiger partial charge in [0.2, 0.25) is 0 Å². The van der Waals surface area contributed by atoms with Gasteiger partial charge >= 0.3 is 11.9 Å². The zero-order valence-corrected chi connectivity index (χ0v) is 23.8. The van der Waals surface area contributed by atoms with E-state index in [0.29, 0.717) is 35.9 Å². The molecule has 2 unspecified atom stereocenters. The van der Waals surface area contributed by atoms with Gasteiger partial charge in [-0.15, -0.1) is 0 Å². The molecule has 0 bridgehead atoms. The summed E-state index contributed by atoms with van der Waals surface area (Å²) in [5, 5.41) is 0. The third-order valence-corrected chi connectivity index (χ3v) is 7.90. The second kappa shape index (κ2) is 15.1. The number of rotatable bonds is 16. The van der Waals surface area contributed by atoms with E-state index in [2.05, 4.69) is 55.4 Å². The average Bonchev–Trinajstić information content (AvgIpc) is 2.78. The fourth-order valence-electron chi connectivity index (χ4n) is 5.29. The summed E-state index contributed by atoms with van der Waals surface area (Å²) in [6.45, 7) is 19.1. The Morgan fingerprint density at radius 2 is 1.00 bits per heavy atom. The molecule has 0 aliphatic heterocycles. The summed E-state index contributed by atoms with van der Waals surface area (Å²) < 4.78 is 11.3. The van der Waals surface area contributed by atoms with E-state index in [1.54, 1.807) is 0 Å². The van der Waals surface area contributed by atoms with Crippen LogP contribution in [0.3, 0.4) is 0 Å². The van der Waals surface area contributed by atoms with E-state index in [0.717, 1.165) is 38.5 Å². The topological polar surface area (TPSA) is 52.6 Å². The predicted molar refractivity (Wildman–Crippen MR) is 142 cm³/mol. The fourth-order valence-corrected chi connectivity index (χ4v) is 5.29. The van der Waals surface area contributed by atoms with Crippen LogP contribution < -0.4 is 0 Å². The highest BCUT2D eigenvalue weighted by atomic mass is 16.5. The van der Waals surface area contributed by atoms with Crippen molar-refractivity contribution in [1.82, 2.24) is 0 Å². The molecule has 0 saturated heterocycles. The van der Waals surface area contributed by atoms with Gasteiger partial charge in [-0.25, -0.2) is 0 Å². The number of carbonyl (C=O) groups is 2. The van der Waals surface area contributed by atoms with Gasteiger partial charge in [-0.05, 0) is 86.9 Å². The molecule has 0 heterocycles. The van der Waals surface area contributed by atoms with Gasteiger partial charge < -0.3 is 9.47 Å². The Kier molecular flexibility index (Phi) is 13.8. The lowest BCUT2D eigenvalue weighted by Gasteiger charge is -2.28. The Balaban J connectivity index is 2.26. The van der Waals surface area contributed by atoms with Crippen molar-refractivity contribution in [3.8, 4) is 0 Å². The molecule has 0 N–H and O–H groups in total. The SMILES string of the molecule is CCCC(C)(C)CCC(C)COC(=O)C1CCC(C(=O)OCC(C)CCC(C)(C)CCC)CC1. The lowest BCUT2D eigenvalue weighted by molar-refractivity contribution is -0.156. The Morgan fingerprint density at radius 3 is 1.29 bits per heavy atom. The number of ether oxygens (including phenoxy) is 2. The maximum Gasteiger partial charge on any atom is 0.308 e. The highest BCUT2D eigenvalue weighted by Gasteiger charge is 2.32. The van der Waals surface area contributed by atoms with Gasteiger partial charge in [0.15, 0.2) is 0 Å². The standard InChI is InChI=1S/C30H56O4/c1-9-17-29(5,6)19-15-23(3)21-33-27(31)25-11-13-26(14-12-25)28(32)34-22-24(4)16-20-30(7,8)18-10-2/h23-26H,9-22H2,1-8H3. The van der Waals surface area contributed by atoms with E-state index in [4.69, 9.17) is 9.47 Å². The molecule has 1 aliphatic rings. The van der Waals surface area contributed by atoms with Gasteiger partial charge in [-0.1, -0.05) is 68.2 Å². The van der Waals surface area contributed by atoms with Gasteiger partial charge in [0.25, 0.3) is 0 Å². The van der Waals surface area contributed by atoms with Crippen LogP contribution in [0.2, 0.25) is 0 Å². The second-order valence-corrected chi connectivity index (χ2v) is 12.9. The largest absolute Gasteiger partial charge is 0.465 e. The summed E-state index contributed by atoms with van der Waals surface area (Å²) in [6.07, 6.45) is 12.3. The molecule has 0 spiro atoms. The Labute approximate surface area is 211 Å². The van der Waals surface area contributed by atoms with Crippen LogP contribution in [-0.4, -0.2) is 25.2 Å². The molecule has 1 fully saturated rings. The van der Waals surface area contributed by atoms with Crippen molar-refractivity contribution in [3.05, 3.63) is 0 Å². The van der Waals surface area contributed by atoms with E-state index in [-0.39, 0.29) is 23.8 Å². The molecule has 0 aromatic carbocycles. The minimum atomic E-state index is -0.0743. The molecule has 0 aromatic heterocycles. The fraction of sp³-hybridized carbons (Fsp3) is 0.933. The highest BCUT2D eigenvalue weighted by Crippen LogP contribution is 2.33. The van der Waals surface area contributed by atoms with Crippen LogP contribution in [0, 0.1) is 34.5 Å². The summed E-state index contributed by atoms with van der Waals surface area (Å²) in [4.78, 5) is 25.1. The van der Waals surface area contributed by atoms with Crippen molar-refractivity contribution in [2.75, 3.05) is 13.2 Å². The summed E-state index contributed by atoms with van der Waals surface area (Å²) in [6, 6.07) is 0. The molecule has 200 valence electrons. The van der Waals surface area contributed by atoms with Crippen molar-refractivity contribution in [2.24, 2.45) is 34.5 Å². The van der Waals surface area contributed by atoms with Crippen LogP contribution in [0.5, 0.6) is 0 Å². The molecule has 0 aromatic rings. The molecular weight excluding hydrogens is 424 g/mol. The molecule has 0 amide bonds. The molecular formula is C30H56O4. The second-order valence-electron chi connectivity index (χ2n) is 12.9. The number of hydrogen-bond donors (Lipinski definition) is 0. The van der Waals surface area contributed by atoms with Crippen molar-refractivity contribution in [2.45, 2.75) is 132 Å². The third-order valence-electron chi connectivity index (χ3n) is 7.90. The molecule has 34 heavy (non-hydrogen) atoms. The first-order chi connectivity index (χ1) is 15.9. The highest BCUT2D eigenvalue weighted by molar-refractivity contribution is 5.75. The van der Waals surface area contributed by atoms with Crippen molar-refractivity contribution in [1.29, 1.82) is 0 Å². The molecule has 1 aliphatic carbocycles. The molecule has 1 saturated carbocycles. The Hall–Kier alpha value is -1.06. The zero-order valence-electron chi connectivity index (χ0n) is 23.8. The van der Waals surface area contributed by atoms with Crippen molar-refractivity contribution < 1.29 is 19.1 Å². The van der Waals surface area contributed by atoms with Crippen molar-refractivity contribution in [3.63, 3.8) is 0 Å². The van der Waals surface area contributed by atoms with E-state index in [9.17, 15) is 9.59 Å². The quantitative estimate of drug-likeness (QED) is 0.208. The lowest BCUT2D eigenvalue weighted by Crippen LogP contribution is -2.29. The van der Waals surface area contributed by atoms with Crippen LogP contribution in [0.25, 0.3) is 0 Å². The van der Waals surface area contributed by atoms with Gasteiger partial charge in [0.05, 0.1) is 25.0 Å². The first-order valence-electron chi connectivity index (χ1n) is 14.2. The zero-order chi connectivity index (χ0) is 25.8. The third kappa shape index (κ3) is 12.6. The van der Waals surface area contributed by atoms with Gasteiger partial charge in [-0.3, -0.25) is 9.59 Å². The van der Waals surface area contributed by atoms with Crippen LogP contribution in [0.4, 0.5) is 0 Å². The van der Waals surface area contributed by atoms with Crippen LogP contribution in [0.1, 0.15) is 132 Å². The number of hydrogen-bond acceptors (Lipinski definition) is 4. The molecule has 4 nitrogen and oxygen atoms in total. The summed E-state index contributed by atoms with van der Waals surface area (Å²) in [7, 11) is 0. The molecule has 4 heteroatoms. The summed E-state index contributed by atoms with van der Waals surface area (Å²) >= 11 is 0. The van der Waals surface area contributed by atoms with Gasteiger partial charge in [0, 0.05) is 0 Å². The van der Waals surface area contributed by atoms with E-state index in [1.807, 2.05) is 0 Å². The summed E-state index contributed by atoms with van der Waals surface area (Å²) in [5.41, 5.74) is 0.729. The smallest absolute Gasteiger partial charge is 0.308 e. The average molecular weight is 481 g/mol. The maximum absolute atomic E-state index is 12.6. The van der Waals surface area contributed by atoms with Crippen LogP contribution in [-0.2, 0) is 19.1 Å². The van der Waals surface area contributed by atoms with Gasteiger partial charge in [0.1, 0.15) is 0 Å². The number of carbonyl (C=O) groups excluding carboxylic acids is 2. The summed E-state index contributed by atoms with van der Waals surface area (Å²) in [5.74, 6) is 0.506. The van der Waals surface area contributed by atoms with E-state index in [1.165, 1.54) is 38.5 Å². The first-order valence-corrected chi connectivity index (χ1v) is 14.2. The van der Waals surface area contributed by atoms with Crippen molar-refractivity contribution >= 4 is 11.9 Å². The van der Waals surface area contributed by atoms with Gasteiger partial charge in [-0.2, -0.15) is 0 Å². The molecule has 1 rings (SSSR count). The minimum Gasteiger partial charge on any atom is -0.465 e. The normalized spacial score (nSPS) is 21.1. The van der Waals surface area contributed by atoms with Crippen LogP contribution in [0.15, 0.2) is 0 Å². The van der Waals surface area contributed by atoms with Crippen LogP contribution >= 0.6 is 0 Å². The Bertz CT molecular complexity index is 535. The number of esters is 2. The Morgan fingerprint density at radius 1 is 0.676 bits per heavy atom. The first kappa shape index (κ1) is 31.0. The monoisotopic (exact) mass is 480 g/mol. The molecule has 2 atom stereocenters. The molecule has 0 radical (unpaired) electrons. The van der Waals surface area contributed by atoms with E-state index >= 15 is 0 Å². The lowest BCUT2D eigenvalue weighted by atomic mass is 9.81. The minimum absolute atomic E-state index is 0.0625. The maximum atomic E-state index is 12.6. The van der Waals surface area contributed by atoms with E-state index < -0.39 is 0 Å². The predicted octanol–water partition coefficient (Wildman–Crippen LogP) is 8.36.